The van der Waals surface area contributed by atoms with E-state index >= 15 is 4.39 Å². The highest BCUT2D eigenvalue weighted by atomic mass is 19.1. The van der Waals surface area contributed by atoms with Gasteiger partial charge in [-0.15, -0.1) is 0 Å². The normalized spacial score (nSPS) is 34.0. The minimum absolute atomic E-state index is 0.0123. The van der Waals surface area contributed by atoms with E-state index in [2.05, 4.69) is 50.1 Å². The zero-order valence-electron chi connectivity index (χ0n) is 42.0. The second-order valence-corrected chi connectivity index (χ2v) is 17.2. The molecule has 0 aromatic rings. The van der Waals surface area contributed by atoms with Crippen LogP contribution < -0.4 is 0 Å². The molecule has 0 bridgehead atoms. The Kier molecular flexibility index (Phi) is 25.1. The van der Waals surface area contributed by atoms with Gasteiger partial charge < -0.3 is 61.6 Å². The van der Waals surface area contributed by atoms with Gasteiger partial charge in [-0.2, -0.15) is 0 Å². The summed E-state index contributed by atoms with van der Waals surface area (Å²) in [6.45, 7) is 7.13. The molecule has 0 aromatic carbocycles. The van der Waals surface area contributed by atoms with Crippen molar-refractivity contribution in [2.75, 3.05) is 32.9 Å². The topological polar surface area (TPSA) is 449 Å². The van der Waals surface area contributed by atoms with Gasteiger partial charge in [0, 0.05) is 72.4 Å². The van der Waals surface area contributed by atoms with Gasteiger partial charge >= 0.3 is 29.8 Å². The fourth-order valence-electron chi connectivity index (χ4n) is 8.69. The molecule has 1 saturated carbocycles. The fourth-order valence-corrected chi connectivity index (χ4v) is 8.69. The number of hydrogen-bond donors (Lipinski definition) is 0. The Morgan fingerprint density at radius 2 is 0.960 bits per heavy atom. The summed E-state index contributed by atoms with van der Waals surface area (Å²) in [5.74, 6) is -4.71. The van der Waals surface area contributed by atoms with Gasteiger partial charge in [0.15, 0.2) is 43.4 Å². The molecule has 0 aromatic heterocycles. The van der Waals surface area contributed by atoms with Gasteiger partial charge in [0.2, 0.25) is 0 Å². The maximum atomic E-state index is 17.0. The largest absolute Gasteiger partial charge is 0.463 e. The monoisotopic (exact) mass is 1070 g/mol. The molecule has 4 aliphatic rings. The van der Waals surface area contributed by atoms with Gasteiger partial charge in [0.25, 0.3) is 0 Å². The highest BCUT2D eigenvalue weighted by molar-refractivity contribution is 5.68. The minimum atomic E-state index is -2.02. The van der Waals surface area contributed by atoms with Crippen LogP contribution in [-0.4, -0.2) is 179 Å². The quantitative estimate of drug-likeness (QED) is 0.0249. The lowest BCUT2D eigenvalue weighted by atomic mass is 9.83. The van der Waals surface area contributed by atoms with Crippen LogP contribution in [0.2, 0.25) is 0 Å². The van der Waals surface area contributed by atoms with E-state index < -0.39 is 172 Å². The lowest BCUT2D eigenvalue weighted by molar-refractivity contribution is -0.332. The molecule has 3 aliphatic heterocycles. The summed E-state index contributed by atoms with van der Waals surface area (Å²) in [5, 5.41) is 18.5. The van der Waals surface area contributed by atoms with Crippen molar-refractivity contribution in [2.24, 2.45) is 25.6 Å². The van der Waals surface area contributed by atoms with Crippen LogP contribution in [-0.2, 0) is 85.6 Å². The molecular formula is C41H60FN15O18. The van der Waals surface area contributed by atoms with E-state index in [1.807, 2.05) is 13.8 Å². The summed E-state index contributed by atoms with van der Waals surface area (Å²) in [4.78, 5) is 77.3. The highest BCUT2D eigenvalue weighted by Crippen LogP contribution is 2.41. The van der Waals surface area contributed by atoms with Crippen molar-refractivity contribution in [3.05, 3.63) is 52.2 Å². The van der Waals surface area contributed by atoms with Crippen LogP contribution in [0.3, 0.4) is 0 Å². The Bertz CT molecular complexity index is 2210. The average molecular weight is 1070 g/mol. The van der Waals surface area contributed by atoms with E-state index in [-0.39, 0.29) is 13.2 Å². The number of rotatable bonds is 27. The van der Waals surface area contributed by atoms with Crippen molar-refractivity contribution in [1.29, 1.82) is 0 Å². The van der Waals surface area contributed by atoms with Gasteiger partial charge in [0.1, 0.15) is 55.4 Å². The van der Waals surface area contributed by atoms with E-state index in [1.165, 1.54) is 0 Å². The van der Waals surface area contributed by atoms with E-state index in [0.717, 1.165) is 34.6 Å². The van der Waals surface area contributed by atoms with Crippen LogP contribution in [0.25, 0.3) is 52.2 Å². The molecular weight excluding hydrogens is 1010 g/mol. The molecule has 4 rings (SSSR count). The van der Waals surface area contributed by atoms with Crippen LogP contribution in [0.15, 0.2) is 25.6 Å². The number of azide groups is 5. The first-order valence-electron chi connectivity index (χ1n) is 23.7. The first kappa shape index (κ1) is 61.1. The molecule has 0 unspecified atom stereocenters. The molecule has 4 fully saturated rings. The third-order valence-corrected chi connectivity index (χ3v) is 11.7. The molecule has 33 nitrogen and oxygen atoms in total. The molecule has 0 radical (unpaired) electrons. The molecule has 0 N–H and O–H groups in total. The Balaban J connectivity index is 1.92. The molecule has 1 aliphatic carbocycles. The third-order valence-electron chi connectivity index (χ3n) is 11.7. The van der Waals surface area contributed by atoms with Crippen molar-refractivity contribution < 1.29 is 89.9 Å². The number of halogens is 1. The maximum absolute atomic E-state index is 17.0. The number of hydrogen-bond acceptors (Lipinski definition) is 23. The fraction of sp³-hybridized carbons (Fsp3) is 0.878. The van der Waals surface area contributed by atoms with Gasteiger partial charge in [-0.05, 0) is 46.9 Å². The molecule has 414 valence electrons. The summed E-state index contributed by atoms with van der Waals surface area (Å²) >= 11 is 0. The third kappa shape index (κ3) is 17.3. The van der Waals surface area contributed by atoms with Gasteiger partial charge in [-0.1, -0.05) is 52.3 Å². The number of unbranched alkanes of at least 4 members (excludes halogenated alkanes) is 2. The molecule has 19 atom stereocenters. The smallest absolute Gasteiger partial charge is 0.303 e. The minimum Gasteiger partial charge on any atom is -0.463 e. The van der Waals surface area contributed by atoms with E-state index in [9.17, 15) is 51.6 Å². The Morgan fingerprint density at radius 1 is 0.507 bits per heavy atom. The van der Waals surface area contributed by atoms with Crippen molar-refractivity contribution >= 4 is 29.8 Å². The number of nitrogens with zero attached hydrogens (tertiary/aromatic N) is 15. The van der Waals surface area contributed by atoms with Crippen LogP contribution in [0.1, 0.15) is 80.6 Å². The van der Waals surface area contributed by atoms with Crippen LogP contribution in [0.4, 0.5) is 4.39 Å². The Hall–Kier alpha value is -6.49. The zero-order valence-corrected chi connectivity index (χ0v) is 42.0. The van der Waals surface area contributed by atoms with Crippen molar-refractivity contribution in [2.45, 2.75) is 197 Å². The van der Waals surface area contributed by atoms with Gasteiger partial charge in [-0.3, -0.25) is 24.0 Å². The molecule has 3 saturated heterocycles. The molecule has 3 heterocycles. The van der Waals surface area contributed by atoms with Gasteiger partial charge in [0.05, 0.1) is 37.4 Å². The maximum Gasteiger partial charge on any atom is 0.303 e. The first-order valence-corrected chi connectivity index (χ1v) is 23.7. The second kappa shape index (κ2) is 30.8. The van der Waals surface area contributed by atoms with Crippen LogP contribution in [0.5, 0.6) is 0 Å². The van der Waals surface area contributed by atoms with Crippen LogP contribution in [0, 0.1) is 0 Å². The predicted molar refractivity (Wildman–Crippen MR) is 245 cm³/mol. The van der Waals surface area contributed by atoms with Crippen molar-refractivity contribution in [3.63, 3.8) is 0 Å². The molecule has 0 amide bonds. The molecule has 0 spiro atoms. The Labute approximate surface area is 426 Å². The summed E-state index contributed by atoms with van der Waals surface area (Å²) < 4.78 is 94.9. The van der Waals surface area contributed by atoms with Crippen molar-refractivity contribution in [3.8, 4) is 0 Å². The zero-order chi connectivity index (χ0) is 55.2. The summed E-state index contributed by atoms with van der Waals surface area (Å²) in [7, 11) is 0. The number of alkyl halides is 1. The van der Waals surface area contributed by atoms with Crippen LogP contribution >= 0.6 is 0 Å². The number of carbonyl (C=O) groups is 5. The number of esters is 5. The summed E-state index contributed by atoms with van der Waals surface area (Å²) in [5.41, 5.74) is 47.9. The van der Waals surface area contributed by atoms with E-state index in [0.29, 0.717) is 25.7 Å². The number of ether oxygens (including phenoxy) is 13. The van der Waals surface area contributed by atoms with Crippen molar-refractivity contribution in [1.82, 2.24) is 0 Å². The second-order valence-electron chi connectivity index (χ2n) is 17.2. The average Bonchev–Trinajstić information content (AvgIpc) is 3.65. The Morgan fingerprint density at radius 3 is 1.49 bits per heavy atom. The number of carbonyl (C=O) groups excluding carboxylic acids is 5. The standard InChI is InChI=1S/C41H60FN15O18/c1-8-10-12-63-32-25(15-48-53-43)71-40(35(28(32)42)64-13-11-9-2)73-31-24(51-56-46)14-23(50-55-45)30(66-19(4)59)37(31)75-41-38(69-22(7)62)34(27(72-41)17-65-18(3)58)74-39-29(52-57-47)36(68-21(6)61)33(67-20(5)60)26(70-39)16-49-54-44/h23-41H,8-17H2,1-7H3/t23-,24+,25-,26+,27-,28+,29-,30+,31-,32-,33-,34-,35-,36-,37-,38-,39-,40-,41+/m1/s1. The lowest BCUT2D eigenvalue weighted by Gasteiger charge is -2.48. The first-order chi connectivity index (χ1) is 36.0. The summed E-state index contributed by atoms with van der Waals surface area (Å²) in [6.07, 6.45) is -25.2. The predicted octanol–water partition coefficient (Wildman–Crippen LogP) is 5.38. The van der Waals surface area contributed by atoms with E-state index in [1.54, 1.807) is 0 Å². The molecule has 34 heteroatoms. The van der Waals surface area contributed by atoms with Gasteiger partial charge in [-0.25, -0.2) is 4.39 Å². The molecule has 75 heavy (non-hydrogen) atoms. The highest BCUT2D eigenvalue weighted by Gasteiger charge is 2.59. The summed E-state index contributed by atoms with van der Waals surface area (Å²) in [6, 6.07) is -4.62. The lowest BCUT2D eigenvalue weighted by Crippen LogP contribution is -2.64. The van der Waals surface area contributed by atoms with E-state index in [4.69, 9.17) is 61.6 Å². The SMILES string of the molecule is CCCCO[C@H]1[C@@H](O[C@H]2[C@H](O[C@@H]3O[C@H](COC(C)=O)[C@@H](O[C@H]4O[C@@H](CN=[N+]=[N-])[C@@H](OC(C)=O)[C@H](OC(C)=O)[C@H]4N=[N+]=[N-])[C@H]3OC(C)=O)[C@@H](OC(C)=O)[C@H](N=[N+]=[N-])C[C@@H]2N=[N+]=[N-])O[C@H](CN=[N+]=[N-])[C@@H](OCCCC)[C@@H]1F.